The van der Waals surface area contributed by atoms with Gasteiger partial charge in [-0.25, -0.2) is 9.97 Å². The Morgan fingerprint density at radius 2 is 1.89 bits per heavy atom. The average molecular weight is 377 g/mol. The molecule has 0 spiro atoms. The van der Waals surface area contributed by atoms with Crippen molar-refractivity contribution in [2.24, 2.45) is 0 Å². The Balaban J connectivity index is 1.61. The number of aromatic hydroxyl groups is 1. The highest BCUT2D eigenvalue weighted by Crippen LogP contribution is 2.30. The summed E-state index contributed by atoms with van der Waals surface area (Å²) in [5, 5.41) is 21.9. The van der Waals surface area contributed by atoms with Crippen LogP contribution in [0.15, 0.2) is 49.1 Å². The number of imidazole rings is 1. The first-order valence-corrected chi connectivity index (χ1v) is 9.19. The van der Waals surface area contributed by atoms with Crippen LogP contribution in [0.2, 0.25) is 0 Å². The first-order valence-electron chi connectivity index (χ1n) is 9.19. The summed E-state index contributed by atoms with van der Waals surface area (Å²) in [5.41, 5.74) is 3.04. The highest BCUT2D eigenvalue weighted by molar-refractivity contribution is 5.69. The number of benzene rings is 1. The number of fused-ring (bicyclic) bond motifs is 1. The number of nitrogens with one attached hydrogen (secondary N) is 1. The Labute approximate surface area is 162 Å². The zero-order valence-corrected chi connectivity index (χ0v) is 16.2. The molecular weight excluding hydrogens is 354 g/mol. The molecule has 144 valence electrons. The van der Waals surface area contributed by atoms with Gasteiger partial charge in [-0.2, -0.15) is 15.0 Å². The number of phenols is 1. The summed E-state index contributed by atoms with van der Waals surface area (Å²) in [5.74, 6) is 0.737. The molecule has 1 aromatic carbocycles. The number of nitrogens with zero attached hydrogens (tertiary/aromatic N) is 6. The molecule has 3 heterocycles. The lowest BCUT2D eigenvalue weighted by Crippen LogP contribution is -2.36. The summed E-state index contributed by atoms with van der Waals surface area (Å²) in [4.78, 5) is 10.7. The molecule has 28 heavy (non-hydrogen) atoms. The van der Waals surface area contributed by atoms with Crippen LogP contribution >= 0.6 is 0 Å². The predicted octanol–water partition coefficient (Wildman–Crippen LogP) is 2.61. The minimum Gasteiger partial charge on any atom is -0.507 e. The molecule has 4 aromatic rings. The molecule has 0 aliphatic heterocycles. The van der Waals surface area contributed by atoms with Crippen LogP contribution in [0.5, 0.6) is 5.75 Å². The predicted molar refractivity (Wildman–Crippen MR) is 106 cm³/mol. The molecule has 0 aliphatic rings. The zero-order valence-electron chi connectivity index (χ0n) is 16.2. The van der Waals surface area contributed by atoms with E-state index in [1.807, 2.05) is 42.0 Å². The van der Waals surface area contributed by atoms with Gasteiger partial charge in [-0.3, -0.25) is 4.40 Å². The standard InChI is InChI=1S/C20H23N7O/c1-20(2,21-3)8-6-14-7-11-26-13-17(25-19(26)24-14)16-5-4-15(12-18(16)28)27-22-9-10-23-27/h4-5,7,9-13,21,28H,6,8H2,1-3H3. The van der Waals surface area contributed by atoms with E-state index in [0.717, 1.165) is 18.5 Å². The molecule has 0 amide bonds. The van der Waals surface area contributed by atoms with Crippen molar-refractivity contribution in [1.29, 1.82) is 0 Å². The van der Waals surface area contributed by atoms with Crippen molar-refractivity contribution in [3.63, 3.8) is 0 Å². The highest BCUT2D eigenvalue weighted by Gasteiger charge is 2.16. The topological polar surface area (TPSA) is 93.2 Å². The second-order valence-corrected chi connectivity index (χ2v) is 7.41. The van der Waals surface area contributed by atoms with E-state index >= 15 is 0 Å². The molecule has 2 N–H and O–H groups in total. The minimum atomic E-state index is 0.0609. The molecule has 0 bridgehead atoms. The smallest absolute Gasteiger partial charge is 0.234 e. The lowest BCUT2D eigenvalue weighted by atomic mass is 9.98. The third-order valence-corrected chi connectivity index (χ3v) is 4.97. The molecule has 8 heteroatoms. The van der Waals surface area contributed by atoms with E-state index in [4.69, 9.17) is 0 Å². The van der Waals surface area contributed by atoms with Crippen LogP contribution in [0.25, 0.3) is 22.7 Å². The molecule has 3 aromatic heterocycles. The fraction of sp³-hybridized carbons (Fsp3) is 0.300. The molecule has 0 atom stereocenters. The SMILES string of the molecule is CNC(C)(C)CCc1ccn2cc(-c3ccc(-n4nccn4)cc3O)nc2n1. The second kappa shape index (κ2) is 7.05. The third kappa shape index (κ3) is 3.59. The van der Waals surface area contributed by atoms with Gasteiger partial charge in [0.25, 0.3) is 0 Å². The Hall–Kier alpha value is -3.26. The van der Waals surface area contributed by atoms with E-state index in [1.54, 1.807) is 18.5 Å². The largest absolute Gasteiger partial charge is 0.507 e. The fourth-order valence-electron chi connectivity index (χ4n) is 2.95. The molecule has 0 saturated heterocycles. The summed E-state index contributed by atoms with van der Waals surface area (Å²) in [6.45, 7) is 4.34. The van der Waals surface area contributed by atoms with Crippen LogP contribution in [0.4, 0.5) is 0 Å². The van der Waals surface area contributed by atoms with Crippen LogP contribution in [0.1, 0.15) is 26.0 Å². The van der Waals surface area contributed by atoms with Crippen LogP contribution in [-0.4, -0.2) is 47.1 Å². The van der Waals surface area contributed by atoms with E-state index in [0.29, 0.717) is 22.7 Å². The molecule has 4 rings (SSSR count). The highest BCUT2D eigenvalue weighted by atomic mass is 16.3. The number of aromatic nitrogens is 6. The summed E-state index contributed by atoms with van der Waals surface area (Å²) >= 11 is 0. The maximum absolute atomic E-state index is 10.5. The summed E-state index contributed by atoms with van der Waals surface area (Å²) in [7, 11) is 1.97. The molecule has 0 unspecified atom stereocenters. The molecule has 0 aliphatic carbocycles. The Kier molecular flexibility index (Phi) is 4.56. The van der Waals surface area contributed by atoms with Crippen LogP contribution in [-0.2, 0) is 6.42 Å². The van der Waals surface area contributed by atoms with Gasteiger partial charge in [0.15, 0.2) is 0 Å². The van der Waals surface area contributed by atoms with Crippen LogP contribution < -0.4 is 5.32 Å². The number of aryl methyl sites for hydroxylation is 1. The normalized spacial score (nSPS) is 12.0. The second-order valence-electron chi connectivity index (χ2n) is 7.41. The van der Waals surface area contributed by atoms with Gasteiger partial charge < -0.3 is 10.4 Å². The molecular formula is C20H23N7O. The first-order chi connectivity index (χ1) is 13.4. The molecule has 8 nitrogen and oxygen atoms in total. The van der Waals surface area contributed by atoms with E-state index in [1.165, 1.54) is 4.80 Å². The van der Waals surface area contributed by atoms with Gasteiger partial charge in [-0.1, -0.05) is 0 Å². The zero-order chi connectivity index (χ0) is 19.7. The number of rotatable bonds is 6. The van der Waals surface area contributed by atoms with Gasteiger partial charge in [0.2, 0.25) is 5.78 Å². The Morgan fingerprint density at radius 1 is 1.11 bits per heavy atom. The van der Waals surface area contributed by atoms with Crippen molar-refractivity contribution >= 4 is 5.78 Å². The van der Waals surface area contributed by atoms with Gasteiger partial charge in [-0.15, -0.1) is 0 Å². The molecule has 0 saturated carbocycles. The number of hydrogen-bond donors (Lipinski definition) is 2. The van der Waals surface area contributed by atoms with Crippen molar-refractivity contribution < 1.29 is 5.11 Å². The van der Waals surface area contributed by atoms with Crippen molar-refractivity contribution in [3.05, 3.63) is 54.7 Å². The van der Waals surface area contributed by atoms with Gasteiger partial charge >= 0.3 is 0 Å². The summed E-state index contributed by atoms with van der Waals surface area (Å²) < 4.78 is 1.87. The quantitative estimate of drug-likeness (QED) is 0.537. The minimum absolute atomic E-state index is 0.0609. The molecule has 0 fully saturated rings. The van der Waals surface area contributed by atoms with E-state index < -0.39 is 0 Å². The van der Waals surface area contributed by atoms with Crippen molar-refractivity contribution in [2.75, 3.05) is 7.05 Å². The van der Waals surface area contributed by atoms with Gasteiger partial charge in [0.1, 0.15) is 5.75 Å². The van der Waals surface area contributed by atoms with Crippen LogP contribution in [0, 0.1) is 0 Å². The van der Waals surface area contributed by atoms with Crippen molar-refractivity contribution in [1.82, 2.24) is 34.7 Å². The van der Waals surface area contributed by atoms with E-state index in [-0.39, 0.29) is 11.3 Å². The van der Waals surface area contributed by atoms with Crippen molar-refractivity contribution in [3.8, 4) is 22.7 Å². The van der Waals surface area contributed by atoms with Crippen molar-refractivity contribution in [2.45, 2.75) is 32.2 Å². The Bertz CT molecular complexity index is 1100. The molecule has 0 radical (unpaired) electrons. The average Bonchev–Trinajstić information content (AvgIpc) is 3.35. The fourth-order valence-corrected chi connectivity index (χ4v) is 2.95. The number of phenolic OH excluding ortho intramolecular Hbond substituents is 1. The maximum Gasteiger partial charge on any atom is 0.234 e. The van der Waals surface area contributed by atoms with Gasteiger partial charge in [0, 0.05) is 35.3 Å². The maximum atomic E-state index is 10.5. The first kappa shape index (κ1) is 18.1. The number of hydrogen-bond acceptors (Lipinski definition) is 6. The van der Waals surface area contributed by atoms with E-state index in [9.17, 15) is 5.11 Å². The Morgan fingerprint density at radius 3 is 2.61 bits per heavy atom. The van der Waals surface area contributed by atoms with Gasteiger partial charge in [0.05, 0.1) is 23.8 Å². The van der Waals surface area contributed by atoms with E-state index in [2.05, 4.69) is 39.3 Å². The monoisotopic (exact) mass is 377 g/mol. The lowest BCUT2D eigenvalue weighted by Gasteiger charge is -2.23. The summed E-state index contributed by atoms with van der Waals surface area (Å²) in [6, 6.07) is 7.29. The van der Waals surface area contributed by atoms with Gasteiger partial charge in [-0.05, 0) is 51.9 Å². The third-order valence-electron chi connectivity index (χ3n) is 4.97. The van der Waals surface area contributed by atoms with Crippen LogP contribution in [0.3, 0.4) is 0 Å². The summed E-state index contributed by atoms with van der Waals surface area (Å²) in [6.07, 6.45) is 8.85. The lowest BCUT2D eigenvalue weighted by molar-refractivity contribution is 0.392.